The van der Waals surface area contributed by atoms with E-state index in [-0.39, 0.29) is 5.92 Å². The van der Waals surface area contributed by atoms with Crippen LogP contribution in [-0.2, 0) is 4.79 Å². The maximum atomic E-state index is 11.0. The summed E-state index contributed by atoms with van der Waals surface area (Å²) in [5.41, 5.74) is 0.962. The molecular weight excluding hydrogens is 218 g/mol. The number of carboxylic acids is 1. The summed E-state index contributed by atoms with van der Waals surface area (Å²) in [7, 11) is 3.51. The predicted molar refractivity (Wildman–Crippen MR) is 67.7 cm³/mol. The number of ether oxygens (including phenoxy) is 1. The Morgan fingerprint density at radius 3 is 2.76 bits per heavy atom. The van der Waals surface area contributed by atoms with Crippen LogP contribution in [-0.4, -0.2) is 31.8 Å². The van der Waals surface area contributed by atoms with Crippen LogP contribution in [0.4, 0.5) is 5.69 Å². The average molecular weight is 237 g/mol. The van der Waals surface area contributed by atoms with Crippen LogP contribution in [0.3, 0.4) is 0 Å². The Hall–Kier alpha value is -1.71. The fraction of sp³-hybridized carbons (Fsp3) is 0.462. The van der Waals surface area contributed by atoms with Crippen molar-refractivity contribution in [3.63, 3.8) is 0 Å². The molecule has 17 heavy (non-hydrogen) atoms. The Kier molecular flexibility index (Phi) is 4.82. The van der Waals surface area contributed by atoms with Gasteiger partial charge in [0.05, 0.1) is 13.0 Å². The molecule has 0 fully saturated rings. The molecule has 0 amide bonds. The van der Waals surface area contributed by atoms with Crippen molar-refractivity contribution in [2.75, 3.05) is 25.6 Å². The van der Waals surface area contributed by atoms with Crippen LogP contribution in [0, 0.1) is 5.92 Å². The van der Waals surface area contributed by atoms with Gasteiger partial charge in [-0.15, -0.1) is 0 Å². The number of hydrogen-bond acceptors (Lipinski definition) is 3. The monoisotopic (exact) mass is 237 g/mol. The van der Waals surface area contributed by atoms with E-state index < -0.39 is 5.97 Å². The lowest BCUT2D eigenvalue weighted by molar-refractivity contribution is -0.141. The van der Waals surface area contributed by atoms with Crippen LogP contribution < -0.4 is 9.64 Å². The number of hydrogen-bond donors (Lipinski definition) is 1. The lowest BCUT2D eigenvalue weighted by Gasteiger charge is -2.23. The van der Waals surface area contributed by atoms with Crippen LogP contribution in [0.2, 0.25) is 0 Å². The number of methoxy groups -OCH3 is 1. The number of rotatable bonds is 6. The summed E-state index contributed by atoms with van der Waals surface area (Å²) in [4.78, 5) is 12.9. The molecule has 0 heterocycles. The quantitative estimate of drug-likeness (QED) is 0.824. The SMILES string of the molecule is CCC(CN(C)c1cccc(OC)c1)C(=O)O. The second-order valence-electron chi connectivity index (χ2n) is 4.03. The van der Waals surface area contributed by atoms with Gasteiger partial charge in [0.25, 0.3) is 0 Å². The third kappa shape index (κ3) is 3.66. The molecule has 4 nitrogen and oxygen atoms in total. The maximum absolute atomic E-state index is 11.0. The number of anilines is 1. The second-order valence-corrected chi connectivity index (χ2v) is 4.03. The van der Waals surface area contributed by atoms with Gasteiger partial charge in [-0.1, -0.05) is 13.0 Å². The van der Waals surface area contributed by atoms with Crippen molar-refractivity contribution < 1.29 is 14.6 Å². The molecule has 0 aliphatic heterocycles. The molecule has 0 aliphatic carbocycles. The third-order valence-corrected chi connectivity index (χ3v) is 2.83. The van der Waals surface area contributed by atoms with Gasteiger partial charge in [0.2, 0.25) is 0 Å². The minimum absolute atomic E-state index is 0.341. The van der Waals surface area contributed by atoms with Crippen LogP contribution in [0.15, 0.2) is 24.3 Å². The third-order valence-electron chi connectivity index (χ3n) is 2.83. The molecule has 0 aromatic heterocycles. The summed E-state index contributed by atoms with van der Waals surface area (Å²) in [6, 6.07) is 7.60. The molecule has 0 saturated carbocycles. The molecular formula is C13H19NO3. The van der Waals surface area contributed by atoms with E-state index in [1.807, 2.05) is 43.1 Å². The van der Waals surface area contributed by atoms with E-state index in [0.29, 0.717) is 13.0 Å². The van der Waals surface area contributed by atoms with E-state index in [1.165, 1.54) is 0 Å². The first-order valence-electron chi connectivity index (χ1n) is 5.66. The molecule has 0 aliphatic rings. The van der Waals surface area contributed by atoms with E-state index >= 15 is 0 Å². The zero-order valence-corrected chi connectivity index (χ0v) is 10.5. The highest BCUT2D eigenvalue weighted by molar-refractivity contribution is 5.71. The summed E-state index contributed by atoms with van der Waals surface area (Å²) in [5.74, 6) is -0.314. The first-order valence-corrected chi connectivity index (χ1v) is 5.66. The smallest absolute Gasteiger partial charge is 0.308 e. The fourth-order valence-electron chi connectivity index (χ4n) is 1.67. The number of nitrogens with zero attached hydrogens (tertiary/aromatic N) is 1. The van der Waals surface area contributed by atoms with Crippen LogP contribution >= 0.6 is 0 Å². The van der Waals surface area contributed by atoms with Crippen molar-refractivity contribution in [1.29, 1.82) is 0 Å². The van der Waals surface area contributed by atoms with E-state index in [0.717, 1.165) is 11.4 Å². The zero-order valence-electron chi connectivity index (χ0n) is 10.5. The van der Waals surface area contributed by atoms with E-state index in [1.54, 1.807) is 7.11 Å². The molecule has 0 radical (unpaired) electrons. The molecule has 1 N–H and O–H groups in total. The lowest BCUT2D eigenvalue weighted by Crippen LogP contribution is -2.29. The van der Waals surface area contributed by atoms with Crippen molar-refractivity contribution in [3.05, 3.63) is 24.3 Å². The molecule has 1 unspecified atom stereocenters. The largest absolute Gasteiger partial charge is 0.497 e. The Bertz CT molecular complexity index is 379. The van der Waals surface area contributed by atoms with Crippen molar-refractivity contribution in [3.8, 4) is 5.75 Å². The standard InChI is InChI=1S/C13H19NO3/c1-4-10(13(15)16)9-14(2)11-6-5-7-12(8-11)17-3/h5-8,10H,4,9H2,1-3H3,(H,15,16). The van der Waals surface area contributed by atoms with Crippen molar-refractivity contribution >= 4 is 11.7 Å². The summed E-state index contributed by atoms with van der Waals surface area (Å²) < 4.78 is 5.14. The molecule has 1 aromatic rings. The zero-order chi connectivity index (χ0) is 12.8. The summed E-state index contributed by atoms with van der Waals surface area (Å²) in [6.07, 6.45) is 0.629. The van der Waals surface area contributed by atoms with E-state index in [9.17, 15) is 4.79 Å². The van der Waals surface area contributed by atoms with Crippen LogP contribution in [0.5, 0.6) is 5.75 Å². The first kappa shape index (κ1) is 13.4. The number of carboxylic acid groups (broad SMARTS) is 1. The molecule has 0 spiro atoms. The van der Waals surface area contributed by atoms with Gasteiger partial charge in [-0.05, 0) is 18.6 Å². The number of benzene rings is 1. The van der Waals surface area contributed by atoms with Crippen molar-refractivity contribution in [2.24, 2.45) is 5.92 Å². The van der Waals surface area contributed by atoms with Gasteiger partial charge in [-0.25, -0.2) is 0 Å². The number of aliphatic carboxylic acids is 1. The normalized spacial score (nSPS) is 11.9. The second kappa shape index (κ2) is 6.13. The lowest BCUT2D eigenvalue weighted by atomic mass is 10.1. The van der Waals surface area contributed by atoms with Crippen molar-refractivity contribution in [2.45, 2.75) is 13.3 Å². The summed E-state index contributed by atoms with van der Waals surface area (Å²) in [6.45, 7) is 2.39. The van der Waals surface area contributed by atoms with Gasteiger partial charge in [0.15, 0.2) is 0 Å². The number of carbonyl (C=O) groups is 1. The van der Waals surface area contributed by atoms with E-state index in [2.05, 4.69) is 0 Å². The van der Waals surface area contributed by atoms with Gasteiger partial charge in [-0.3, -0.25) is 4.79 Å². The van der Waals surface area contributed by atoms with Crippen LogP contribution in [0.25, 0.3) is 0 Å². The minimum atomic E-state index is -0.748. The predicted octanol–water partition coefficient (Wildman–Crippen LogP) is 2.24. The van der Waals surface area contributed by atoms with Gasteiger partial charge in [0.1, 0.15) is 5.75 Å². The van der Waals surface area contributed by atoms with Gasteiger partial charge in [-0.2, -0.15) is 0 Å². The Labute approximate surface area is 102 Å². The van der Waals surface area contributed by atoms with Gasteiger partial charge >= 0.3 is 5.97 Å². The van der Waals surface area contributed by atoms with Crippen LogP contribution in [0.1, 0.15) is 13.3 Å². The summed E-state index contributed by atoms with van der Waals surface area (Å²) in [5, 5.41) is 9.02. The highest BCUT2D eigenvalue weighted by Crippen LogP contribution is 2.21. The molecule has 1 atom stereocenters. The Morgan fingerprint density at radius 2 is 2.24 bits per heavy atom. The minimum Gasteiger partial charge on any atom is -0.497 e. The topological polar surface area (TPSA) is 49.8 Å². The molecule has 0 bridgehead atoms. The molecule has 94 valence electrons. The maximum Gasteiger partial charge on any atom is 0.308 e. The Morgan fingerprint density at radius 1 is 1.53 bits per heavy atom. The highest BCUT2D eigenvalue weighted by atomic mass is 16.5. The Balaban J connectivity index is 2.74. The highest BCUT2D eigenvalue weighted by Gasteiger charge is 2.17. The first-order chi connectivity index (χ1) is 8.08. The molecule has 1 rings (SSSR count). The fourth-order valence-corrected chi connectivity index (χ4v) is 1.67. The molecule has 4 heteroatoms. The summed E-state index contributed by atoms with van der Waals surface area (Å²) >= 11 is 0. The van der Waals surface area contributed by atoms with E-state index in [4.69, 9.17) is 9.84 Å². The molecule has 1 aromatic carbocycles. The van der Waals surface area contributed by atoms with Gasteiger partial charge in [0, 0.05) is 25.3 Å². The van der Waals surface area contributed by atoms with Gasteiger partial charge < -0.3 is 14.7 Å². The average Bonchev–Trinajstić information content (AvgIpc) is 2.35. The molecule has 0 saturated heterocycles. The van der Waals surface area contributed by atoms with Crippen molar-refractivity contribution in [1.82, 2.24) is 0 Å².